The van der Waals surface area contributed by atoms with Gasteiger partial charge in [0, 0.05) is 11.8 Å². The van der Waals surface area contributed by atoms with Crippen LogP contribution in [0.1, 0.15) is 58.8 Å². The lowest BCUT2D eigenvalue weighted by molar-refractivity contribution is -0.130. The lowest BCUT2D eigenvalue weighted by Gasteiger charge is -2.56. The van der Waals surface area contributed by atoms with Crippen LogP contribution in [-0.2, 0) is 4.79 Å². The molecule has 1 heteroatoms. The van der Waals surface area contributed by atoms with Gasteiger partial charge in [0.2, 0.25) is 0 Å². The molecule has 0 unspecified atom stereocenters. The van der Waals surface area contributed by atoms with Crippen LogP contribution >= 0.6 is 0 Å². The number of hydrogen-bond acceptors (Lipinski definition) is 1. The fraction of sp³-hybridized carbons (Fsp3) is 0.667. The van der Waals surface area contributed by atoms with Crippen molar-refractivity contribution >= 4 is 5.78 Å². The average Bonchev–Trinajstić information content (AvgIpc) is 2.82. The molecule has 4 aliphatic carbocycles. The Bertz CT molecular complexity index is 595. The summed E-state index contributed by atoms with van der Waals surface area (Å²) < 4.78 is 0. The zero-order valence-electron chi connectivity index (χ0n) is 14.0. The van der Waals surface area contributed by atoms with Crippen molar-refractivity contribution in [3.63, 3.8) is 0 Å². The minimum absolute atomic E-state index is 0.0279. The van der Waals surface area contributed by atoms with E-state index in [1.807, 2.05) is 0 Å². The van der Waals surface area contributed by atoms with E-state index in [2.05, 4.69) is 38.7 Å². The van der Waals surface area contributed by atoms with Gasteiger partial charge >= 0.3 is 0 Å². The molecule has 0 amide bonds. The second kappa shape index (κ2) is 4.69. The summed E-state index contributed by atoms with van der Waals surface area (Å²) >= 11 is 0. The average molecular weight is 296 g/mol. The first kappa shape index (κ1) is 14.5. The van der Waals surface area contributed by atoms with Crippen molar-refractivity contribution in [1.82, 2.24) is 0 Å². The predicted molar refractivity (Wildman–Crippen MR) is 90.4 cm³/mol. The molecule has 0 spiro atoms. The van der Waals surface area contributed by atoms with Gasteiger partial charge in [-0.05, 0) is 67.3 Å². The minimum atomic E-state index is -0.0279. The van der Waals surface area contributed by atoms with Crippen molar-refractivity contribution in [2.75, 3.05) is 0 Å². The van der Waals surface area contributed by atoms with Crippen LogP contribution in [0.5, 0.6) is 0 Å². The second-order valence-electron chi connectivity index (χ2n) is 8.34. The summed E-state index contributed by atoms with van der Waals surface area (Å²) in [5.74, 6) is 2.48. The Morgan fingerprint density at radius 1 is 1.23 bits per heavy atom. The Morgan fingerprint density at radius 3 is 2.82 bits per heavy atom. The van der Waals surface area contributed by atoms with Crippen molar-refractivity contribution in [3.05, 3.63) is 36.0 Å². The van der Waals surface area contributed by atoms with Gasteiger partial charge in [-0.2, -0.15) is 0 Å². The van der Waals surface area contributed by atoms with E-state index in [9.17, 15) is 4.79 Å². The highest BCUT2D eigenvalue weighted by atomic mass is 16.1. The van der Waals surface area contributed by atoms with E-state index in [0.717, 1.165) is 31.6 Å². The number of ketones is 1. The molecule has 0 saturated heterocycles. The molecule has 0 radical (unpaired) electrons. The van der Waals surface area contributed by atoms with Crippen LogP contribution in [0.3, 0.4) is 0 Å². The van der Waals surface area contributed by atoms with E-state index < -0.39 is 0 Å². The maximum Gasteiger partial charge on any atom is 0.139 e. The highest BCUT2D eigenvalue weighted by Crippen LogP contribution is 2.63. The van der Waals surface area contributed by atoms with E-state index in [1.165, 1.54) is 30.4 Å². The molecule has 0 aromatic carbocycles. The van der Waals surface area contributed by atoms with Crippen molar-refractivity contribution < 1.29 is 4.79 Å². The van der Waals surface area contributed by atoms with Gasteiger partial charge in [-0.15, -0.1) is 0 Å². The van der Waals surface area contributed by atoms with Gasteiger partial charge in [-0.1, -0.05) is 44.2 Å². The van der Waals surface area contributed by atoms with E-state index in [0.29, 0.717) is 23.0 Å². The SMILES string of the molecule is C=C1C=C2C=C[C@@H]3[C@H](CC[C@]4(C)C(=O)CC[C@@H]34)[C@@]2(CC)CC1. The van der Waals surface area contributed by atoms with Crippen LogP contribution in [0.15, 0.2) is 36.0 Å². The lowest BCUT2D eigenvalue weighted by atomic mass is 9.48. The van der Waals surface area contributed by atoms with Crippen LogP contribution < -0.4 is 0 Å². The van der Waals surface area contributed by atoms with E-state index in [-0.39, 0.29) is 5.41 Å². The smallest absolute Gasteiger partial charge is 0.139 e. The number of allylic oxidation sites excluding steroid dienone is 5. The molecule has 4 aliphatic rings. The maximum absolute atomic E-state index is 12.4. The molecule has 0 aromatic heterocycles. The molecule has 118 valence electrons. The zero-order chi connectivity index (χ0) is 15.5. The number of carbonyl (C=O) groups is 1. The van der Waals surface area contributed by atoms with E-state index in [1.54, 1.807) is 0 Å². The fourth-order valence-corrected chi connectivity index (χ4v) is 6.32. The molecule has 4 rings (SSSR count). The third kappa shape index (κ3) is 1.69. The molecule has 0 aromatic rings. The first-order valence-corrected chi connectivity index (χ1v) is 9.13. The van der Waals surface area contributed by atoms with Gasteiger partial charge in [-0.3, -0.25) is 4.79 Å². The Labute approximate surface area is 134 Å². The molecule has 0 bridgehead atoms. The third-order valence-corrected chi connectivity index (χ3v) is 7.71. The number of Topliss-reactive ketones (excluding diaryl/α,β-unsaturated/α-hetero) is 1. The molecule has 5 atom stereocenters. The first-order valence-electron chi connectivity index (χ1n) is 9.13. The van der Waals surface area contributed by atoms with Crippen molar-refractivity contribution in [2.24, 2.45) is 28.6 Å². The molecule has 1 nitrogen and oxygen atoms in total. The van der Waals surface area contributed by atoms with Crippen LogP contribution in [0.4, 0.5) is 0 Å². The molecule has 2 fully saturated rings. The number of hydrogen-bond donors (Lipinski definition) is 0. The second-order valence-corrected chi connectivity index (χ2v) is 8.34. The van der Waals surface area contributed by atoms with E-state index in [4.69, 9.17) is 0 Å². The Morgan fingerprint density at radius 2 is 2.05 bits per heavy atom. The quantitative estimate of drug-likeness (QED) is 0.646. The number of rotatable bonds is 1. The van der Waals surface area contributed by atoms with Crippen LogP contribution in [0.25, 0.3) is 0 Å². The summed E-state index contributed by atoms with van der Waals surface area (Å²) in [7, 11) is 0. The van der Waals surface area contributed by atoms with Crippen molar-refractivity contribution in [3.8, 4) is 0 Å². The standard InChI is InChI=1S/C21H28O/c1-4-21-12-9-14(2)13-15(21)5-6-16-17-7-8-19(22)20(17,3)11-10-18(16)21/h5-6,13,16-18H,2,4,7-12H2,1,3H3/t16-,17-,18-,20-,21-/m0/s1. The first-order chi connectivity index (χ1) is 10.5. The topological polar surface area (TPSA) is 17.1 Å². The summed E-state index contributed by atoms with van der Waals surface area (Å²) in [6.45, 7) is 8.81. The molecule has 0 N–H and O–H groups in total. The van der Waals surface area contributed by atoms with Crippen LogP contribution in [0.2, 0.25) is 0 Å². The van der Waals surface area contributed by atoms with Crippen molar-refractivity contribution in [2.45, 2.75) is 58.8 Å². The van der Waals surface area contributed by atoms with Gasteiger partial charge < -0.3 is 0 Å². The molecular weight excluding hydrogens is 268 g/mol. The number of fused-ring (bicyclic) bond motifs is 5. The molecular formula is C21H28O. The van der Waals surface area contributed by atoms with Gasteiger partial charge in [0.1, 0.15) is 5.78 Å². The summed E-state index contributed by atoms with van der Waals surface area (Å²) in [4.78, 5) is 12.4. The predicted octanol–water partition coefficient (Wildman–Crippen LogP) is 5.24. The molecule has 0 heterocycles. The molecule has 0 aliphatic heterocycles. The summed E-state index contributed by atoms with van der Waals surface area (Å²) in [6.07, 6.45) is 15.1. The molecule has 22 heavy (non-hydrogen) atoms. The molecule has 2 saturated carbocycles. The largest absolute Gasteiger partial charge is 0.299 e. The Hall–Kier alpha value is -1.11. The number of carbonyl (C=O) groups excluding carboxylic acids is 1. The maximum atomic E-state index is 12.4. The van der Waals surface area contributed by atoms with Crippen LogP contribution in [-0.4, -0.2) is 5.78 Å². The normalized spacial score (nSPS) is 46.8. The minimum Gasteiger partial charge on any atom is -0.299 e. The summed E-state index contributed by atoms with van der Waals surface area (Å²) in [5.41, 5.74) is 3.15. The summed E-state index contributed by atoms with van der Waals surface area (Å²) in [6, 6.07) is 0. The zero-order valence-corrected chi connectivity index (χ0v) is 14.0. The summed E-state index contributed by atoms with van der Waals surface area (Å²) in [5, 5.41) is 0. The van der Waals surface area contributed by atoms with Gasteiger partial charge in [0.15, 0.2) is 0 Å². The van der Waals surface area contributed by atoms with Crippen molar-refractivity contribution in [1.29, 1.82) is 0 Å². The Kier molecular flexibility index (Phi) is 3.09. The van der Waals surface area contributed by atoms with Gasteiger partial charge in [0.25, 0.3) is 0 Å². The third-order valence-electron chi connectivity index (χ3n) is 7.71. The monoisotopic (exact) mass is 296 g/mol. The Balaban J connectivity index is 1.78. The fourth-order valence-electron chi connectivity index (χ4n) is 6.32. The van der Waals surface area contributed by atoms with Crippen LogP contribution in [0, 0.1) is 28.6 Å². The highest BCUT2D eigenvalue weighted by Gasteiger charge is 2.58. The van der Waals surface area contributed by atoms with E-state index >= 15 is 0 Å². The highest BCUT2D eigenvalue weighted by molar-refractivity contribution is 5.87. The lowest BCUT2D eigenvalue weighted by Crippen LogP contribution is -2.49. The van der Waals surface area contributed by atoms with Gasteiger partial charge in [-0.25, -0.2) is 0 Å². The van der Waals surface area contributed by atoms with Gasteiger partial charge in [0.05, 0.1) is 0 Å².